The summed E-state index contributed by atoms with van der Waals surface area (Å²) in [5.74, 6) is 0.610. The summed E-state index contributed by atoms with van der Waals surface area (Å²) in [6, 6.07) is 19.0. The van der Waals surface area contributed by atoms with E-state index < -0.39 is 10.0 Å². The fourth-order valence-corrected chi connectivity index (χ4v) is 3.75. The zero-order valence-electron chi connectivity index (χ0n) is 15.0. The van der Waals surface area contributed by atoms with Gasteiger partial charge in [-0.05, 0) is 24.3 Å². The van der Waals surface area contributed by atoms with Crippen LogP contribution in [-0.4, -0.2) is 22.1 Å². The van der Waals surface area contributed by atoms with Gasteiger partial charge >= 0.3 is 0 Å². The van der Waals surface area contributed by atoms with Crippen LogP contribution in [0.25, 0.3) is 0 Å². The third kappa shape index (κ3) is 4.57. The van der Waals surface area contributed by atoms with Crippen molar-refractivity contribution in [2.24, 2.45) is 0 Å². The van der Waals surface area contributed by atoms with Crippen LogP contribution in [0.15, 0.2) is 84.0 Å². The molecule has 7 heteroatoms. The summed E-state index contributed by atoms with van der Waals surface area (Å²) in [6.45, 7) is 1.11. The van der Waals surface area contributed by atoms with E-state index in [1.54, 1.807) is 54.6 Å². The fourth-order valence-electron chi connectivity index (χ4n) is 2.55. The summed E-state index contributed by atoms with van der Waals surface area (Å²) in [7, 11) is -2.08. The Morgan fingerprint density at radius 2 is 1.70 bits per heavy atom. The molecule has 3 rings (SSSR count). The molecule has 0 spiro atoms. The first-order valence-corrected chi connectivity index (χ1v) is 9.92. The molecule has 2 aromatic carbocycles. The Bertz CT molecular complexity index is 990. The van der Waals surface area contributed by atoms with Crippen LogP contribution >= 0.6 is 0 Å². The number of aromatic nitrogens is 1. The number of sulfonamides is 1. The van der Waals surface area contributed by atoms with Gasteiger partial charge in [-0.25, -0.2) is 13.0 Å². The Balaban J connectivity index is 1.68. The molecule has 27 heavy (non-hydrogen) atoms. The quantitative estimate of drug-likeness (QED) is 0.635. The summed E-state index contributed by atoms with van der Waals surface area (Å²) in [5.41, 5.74) is 6.92. The normalized spacial score (nSPS) is 11.1. The Hall–Kier alpha value is -3.06. The molecule has 0 saturated heterocycles. The molecule has 0 aliphatic carbocycles. The van der Waals surface area contributed by atoms with Crippen molar-refractivity contribution in [3.05, 3.63) is 79.1 Å². The van der Waals surface area contributed by atoms with Gasteiger partial charge < -0.3 is 10.5 Å². The highest BCUT2D eigenvalue weighted by molar-refractivity contribution is 7.92. The fraction of sp³-hybridized carbons (Fsp3) is 0.150. The van der Waals surface area contributed by atoms with E-state index in [0.717, 1.165) is 0 Å². The minimum Gasteiger partial charge on any atom is -0.487 e. The molecule has 0 fully saturated rings. The molecular weight excluding hydrogens is 362 g/mol. The minimum atomic E-state index is -3.61. The van der Waals surface area contributed by atoms with E-state index in [1.165, 1.54) is 11.4 Å². The van der Waals surface area contributed by atoms with Crippen molar-refractivity contribution < 1.29 is 17.7 Å². The molecule has 1 aromatic heterocycles. The van der Waals surface area contributed by atoms with Crippen LogP contribution < -0.4 is 19.3 Å². The van der Waals surface area contributed by atoms with Crippen LogP contribution in [0.3, 0.4) is 0 Å². The Morgan fingerprint density at radius 3 is 2.41 bits per heavy atom. The van der Waals surface area contributed by atoms with E-state index in [0.29, 0.717) is 30.3 Å². The average Bonchev–Trinajstić information content (AvgIpc) is 2.70. The number of benzene rings is 2. The van der Waals surface area contributed by atoms with Crippen LogP contribution in [-0.2, 0) is 16.6 Å². The molecule has 1 heterocycles. The second kappa shape index (κ2) is 8.09. The van der Waals surface area contributed by atoms with E-state index in [2.05, 4.69) is 0 Å². The largest absolute Gasteiger partial charge is 0.487 e. The van der Waals surface area contributed by atoms with Gasteiger partial charge in [0.05, 0.1) is 10.6 Å². The summed E-state index contributed by atoms with van der Waals surface area (Å²) in [4.78, 5) is 0.249. The van der Waals surface area contributed by atoms with Gasteiger partial charge in [0.2, 0.25) is 0 Å². The monoisotopic (exact) mass is 384 g/mol. The minimum absolute atomic E-state index is 0.249. The van der Waals surface area contributed by atoms with Crippen molar-refractivity contribution in [2.75, 3.05) is 23.7 Å². The van der Waals surface area contributed by atoms with Crippen molar-refractivity contribution in [3.8, 4) is 5.75 Å². The zero-order valence-corrected chi connectivity index (χ0v) is 15.8. The van der Waals surface area contributed by atoms with Gasteiger partial charge in [0.15, 0.2) is 18.9 Å². The SMILES string of the molecule is CN(c1cccc(OCC[n+]2ccc(N)cc2)c1)S(=O)(=O)c1ccccc1. The third-order valence-electron chi connectivity index (χ3n) is 4.12. The van der Waals surface area contributed by atoms with Crippen molar-refractivity contribution >= 4 is 21.4 Å². The lowest BCUT2D eigenvalue weighted by Gasteiger charge is -2.20. The maximum absolute atomic E-state index is 12.7. The van der Waals surface area contributed by atoms with Gasteiger partial charge in [-0.15, -0.1) is 0 Å². The van der Waals surface area contributed by atoms with Gasteiger partial charge in [0.1, 0.15) is 12.4 Å². The van der Waals surface area contributed by atoms with Crippen molar-refractivity contribution in [2.45, 2.75) is 11.4 Å². The second-order valence-electron chi connectivity index (χ2n) is 6.00. The van der Waals surface area contributed by atoms with Crippen LogP contribution in [0.5, 0.6) is 5.75 Å². The smallest absolute Gasteiger partial charge is 0.264 e. The predicted octanol–water partition coefficient (Wildman–Crippen LogP) is 2.46. The molecule has 0 radical (unpaired) electrons. The van der Waals surface area contributed by atoms with Crippen molar-refractivity contribution in [1.29, 1.82) is 0 Å². The lowest BCUT2D eigenvalue weighted by atomic mass is 10.3. The van der Waals surface area contributed by atoms with Crippen molar-refractivity contribution in [1.82, 2.24) is 0 Å². The second-order valence-corrected chi connectivity index (χ2v) is 7.97. The topological polar surface area (TPSA) is 76.5 Å². The Morgan fingerprint density at radius 1 is 1.00 bits per heavy atom. The molecule has 0 aliphatic heterocycles. The highest BCUT2D eigenvalue weighted by atomic mass is 32.2. The first kappa shape index (κ1) is 18.7. The molecule has 3 aromatic rings. The van der Waals surface area contributed by atoms with Crippen LogP contribution in [0.1, 0.15) is 0 Å². The average molecular weight is 384 g/mol. The first-order valence-electron chi connectivity index (χ1n) is 8.48. The number of nitrogens with zero attached hydrogens (tertiary/aromatic N) is 2. The Labute approximate surface area is 159 Å². The first-order chi connectivity index (χ1) is 13.0. The number of ether oxygens (including phenoxy) is 1. The van der Waals surface area contributed by atoms with Gasteiger partial charge in [0.25, 0.3) is 10.0 Å². The molecule has 0 aliphatic rings. The van der Waals surface area contributed by atoms with Gasteiger partial charge in [-0.2, -0.15) is 0 Å². The maximum atomic E-state index is 12.7. The number of nitrogens with two attached hydrogens (primary N) is 1. The molecule has 6 nitrogen and oxygen atoms in total. The molecule has 140 valence electrons. The number of rotatable bonds is 7. The summed E-state index contributed by atoms with van der Waals surface area (Å²) < 4.78 is 34.5. The summed E-state index contributed by atoms with van der Waals surface area (Å²) in [5, 5.41) is 0. The Kier molecular flexibility index (Phi) is 5.61. The number of anilines is 2. The number of hydrogen-bond donors (Lipinski definition) is 1. The summed E-state index contributed by atoms with van der Waals surface area (Å²) >= 11 is 0. The lowest BCUT2D eigenvalue weighted by molar-refractivity contribution is -0.697. The molecular formula is C20H22N3O3S+. The van der Waals surface area contributed by atoms with Gasteiger partial charge in [0, 0.05) is 30.9 Å². The lowest BCUT2D eigenvalue weighted by Crippen LogP contribution is -2.35. The number of hydrogen-bond acceptors (Lipinski definition) is 4. The molecule has 0 saturated carbocycles. The standard InChI is InChI=1S/C20H21N3O3S/c1-22(27(24,25)20-8-3-2-4-9-20)18-6-5-7-19(16-18)26-15-14-23-12-10-17(21)11-13-23/h2-13,16,21H,14-15H2,1H3/p+1. The molecule has 2 N–H and O–H groups in total. The van der Waals surface area contributed by atoms with E-state index in [9.17, 15) is 8.42 Å². The molecule has 0 amide bonds. The number of nitrogen functional groups attached to an aromatic ring is 1. The number of pyridine rings is 1. The van der Waals surface area contributed by atoms with E-state index in [-0.39, 0.29) is 4.90 Å². The van der Waals surface area contributed by atoms with Crippen LogP contribution in [0, 0.1) is 0 Å². The van der Waals surface area contributed by atoms with Crippen molar-refractivity contribution in [3.63, 3.8) is 0 Å². The third-order valence-corrected chi connectivity index (χ3v) is 5.92. The van der Waals surface area contributed by atoms with E-state index in [1.807, 2.05) is 29.1 Å². The van der Waals surface area contributed by atoms with E-state index >= 15 is 0 Å². The van der Waals surface area contributed by atoms with E-state index in [4.69, 9.17) is 10.5 Å². The van der Waals surface area contributed by atoms with Gasteiger partial charge in [-0.1, -0.05) is 24.3 Å². The molecule has 0 unspecified atom stereocenters. The highest BCUT2D eigenvalue weighted by Crippen LogP contribution is 2.25. The zero-order chi connectivity index (χ0) is 19.3. The highest BCUT2D eigenvalue weighted by Gasteiger charge is 2.21. The van der Waals surface area contributed by atoms with Crippen LogP contribution in [0.2, 0.25) is 0 Å². The predicted molar refractivity (Wildman–Crippen MR) is 105 cm³/mol. The van der Waals surface area contributed by atoms with Gasteiger partial charge in [-0.3, -0.25) is 4.31 Å². The maximum Gasteiger partial charge on any atom is 0.264 e. The molecule has 0 atom stereocenters. The van der Waals surface area contributed by atoms with Crippen LogP contribution in [0.4, 0.5) is 11.4 Å². The summed E-state index contributed by atoms with van der Waals surface area (Å²) in [6.07, 6.45) is 3.77. The molecule has 0 bridgehead atoms.